The van der Waals surface area contributed by atoms with E-state index in [1.807, 2.05) is 60.7 Å². The molecule has 58 heavy (non-hydrogen) atoms. The summed E-state index contributed by atoms with van der Waals surface area (Å²) in [5, 5.41) is 9.60. The number of fused-ring (bicyclic) bond motifs is 10. The van der Waals surface area contributed by atoms with Crippen molar-refractivity contribution < 1.29 is 4.42 Å². The second-order valence-corrected chi connectivity index (χ2v) is 14.6. The molecule has 0 fully saturated rings. The predicted molar refractivity (Wildman–Crippen MR) is 236 cm³/mol. The summed E-state index contributed by atoms with van der Waals surface area (Å²) in [7, 11) is 0. The Bertz CT molecular complexity index is 3550. The lowest BCUT2D eigenvalue weighted by Crippen LogP contribution is -2.05. The van der Waals surface area contributed by atoms with Gasteiger partial charge in [0.05, 0.1) is 11.0 Å². The lowest BCUT2D eigenvalue weighted by molar-refractivity contribution is 0.669. The molecule has 6 nitrogen and oxygen atoms in total. The maximum absolute atomic E-state index is 6.32. The van der Waals surface area contributed by atoms with E-state index in [9.17, 15) is 0 Å². The fourth-order valence-electron chi connectivity index (χ4n) is 8.54. The number of hydrogen-bond donors (Lipinski definition) is 0. The first kappa shape index (κ1) is 32.3. The smallest absolute Gasteiger partial charge is 0.200 e. The van der Waals surface area contributed by atoms with Gasteiger partial charge in [-0.1, -0.05) is 133 Å². The minimum atomic E-state index is 0.471. The summed E-state index contributed by atoms with van der Waals surface area (Å²) >= 11 is 0. The molecule has 0 aliphatic carbocycles. The summed E-state index contributed by atoms with van der Waals surface area (Å²) < 4.78 is 8.44. The summed E-state index contributed by atoms with van der Waals surface area (Å²) in [6, 6.07) is 65.3. The molecule has 0 aliphatic rings. The number of nitrogens with zero attached hydrogens (tertiary/aromatic N) is 5. The number of para-hydroxylation sites is 4. The van der Waals surface area contributed by atoms with Gasteiger partial charge in [0.1, 0.15) is 11.2 Å². The maximum atomic E-state index is 6.32. The molecule has 6 heteroatoms. The summed E-state index contributed by atoms with van der Waals surface area (Å²) in [4.78, 5) is 20.7. The average molecular weight is 742 g/mol. The van der Waals surface area contributed by atoms with E-state index in [1.165, 1.54) is 32.3 Å². The molecule has 0 saturated carbocycles. The van der Waals surface area contributed by atoms with Crippen LogP contribution in [0, 0.1) is 0 Å². The summed E-state index contributed by atoms with van der Waals surface area (Å²) in [5.74, 6) is 2.19. The van der Waals surface area contributed by atoms with E-state index in [2.05, 4.69) is 132 Å². The standard InChI is InChI=1S/C52H31N5O/c1-2-15-36(16-3-1)57-46-23-10-9-22-45(46)53-52(57)51-55-49(54-50(56-51)35-26-28-43-42-21-8-11-24-47(42)58-48(43)31-35)34-14-12-13-32(29-34)33-25-27-41-39-19-5-4-17-37(39)38-18-6-7-20-40(38)44(41)30-33/h1-31H. The van der Waals surface area contributed by atoms with Gasteiger partial charge in [-0.2, -0.15) is 0 Å². The van der Waals surface area contributed by atoms with Gasteiger partial charge in [0.15, 0.2) is 23.3 Å². The Labute approximate surface area is 332 Å². The quantitative estimate of drug-likeness (QED) is 0.164. The Morgan fingerprint density at radius 2 is 0.862 bits per heavy atom. The lowest BCUT2D eigenvalue weighted by Gasteiger charge is -2.13. The summed E-state index contributed by atoms with van der Waals surface area (Å²) in [6.45, 7) is 0. The van der Waals surface area contributed by atoms with Crippen LogP contribution in [0.1, 0.15) is 0 Å². The van der Waals surface area contributed by atoms with Crippen LogP contribution in [0.4, 0.5) is 0 Å². The van der Waals surface area contributed by atoms with E-state index >= 15 is 0 Å². The molecule has 3 aromatic heterocycles. The second kappa shape index (κ2) is 12.8. The predicted octanol–water partition coefficient (Wildman–Crippen LogP) is 13.2. The summed E-state index contributed by atoms with van der Waals surface area (Å²) in [6.07, 6.45) is 0. The third-order valence-electron chi connectivity index (χ3n) is 11.2. The largest absolute Gasteiger partial charge is 0.456 e. The van der Waals surface area contributed by atoms with Crippen molar-refractivity contribution in [3.63, 3.8) is 0 Å². The number of rotatable bonds is 5. The first-order valence-corrected chi connectivity index (χ1v) is 19.4. The fourth-order valence-corrected chi connectivity index (χ4v) is 8.54. The molecule has 0 unspecified atom stereocenters. The molecule has 9 aromatic carbocycles. The van der Waals surface area contributed by atoms with E-state index in [0.29, 0.717) is 23.3 Å². The SMILES string of the molecule is c1ccc(-n2c(-c3nc(-c4cccc(-c5ccc6c7ccccc7c7ccccc7c6c5)c4)nc(-c4ccc5c(c4)oc4ccccc45)n3)nc3ccccc32)cc1. The van der Waals surface area contributed by atoms with Gasteiger partial charge >= 0.3 is 0 Å². The highest BCUT2D eigenvalue weighted by molar-refractivity contribution is 6.25. The van der Waals surface area contributed by atoms with Crippen LogP contribution in [0.5, 0.6) is 0 Å². The Balaban J connectivity index is 1.06. The zero-order valence-electron chi connectivity index (χ0n) is 31.0. The molecule has 12 aromatic rings. The van der Waals surface area contributed by atoms with Gasteiger partial charge < -0.3 is 4.42 Å². The fraction of sp³-hybridized carbons (Fsp3) is 0. The van der Waals surface area contributed by atoms with Crippen LogP contribution in [0.2, 0.25) is 0 Å². The van der Waals surface area contributed by atoms with Crippen LogP contribution >= 0.6 is 0 Å². The summed E-state index contributed by atoms with van der Waals surface area (Å²) in [5.41, 5.74) is 8.29. The molecule has 0 N–H and O–H groups in total. The zero-order chi connectivity index (χ0) is 38.2. The molecule has 0 atom stereocenters. The van der Waals surface area contributed by atoms with E-state index in [1.54, 1.807) is 0 Å². The van der Waals surface area contributed by atoms with E-state index in [4.69, 9.17) is 24.4 Å². The van der Waals surface area contributed by atoms with Crippen molar-refractivity contribution in [3.05, 3.63) is 188 Å². The van der Waals surface area contributed by atoms with Crippen LogP contribution in [-0.2, 0) is 0 Å². The second-order valence-electron chi connectivity index (χ2n) is 14.6. The molecule has 12 rings (SSSR count). The highest BCUT2D eigenvalue weighted by atomic mass is 16.3. The third-order valence-corrected chi connectivity index (χ3v) is 11.2. The average Bonchev–Trinajstić information content (AvgIpc) is 3.88. The first-order chi connectivity index (χ1) is 28.7. The lowest BCUT2D eigenvalue weighted by atomic mass is 9.92. The van der Waals surface area contributed by atoms with Crippen molar-refractivity contribution in [1.29, 1.82) is 0 Å². The zero-order valence-corrected chi connectivity index (χ0v) is 31.0. The minimum Gasteiger partial charge on any atom is -0.456 e. The number of hydrogen-bond acceptors (Lipinski definition) is 5. The van der Waals surface area contributed by atoms with Crippen molar-refractivity contribution in [2.45, 2.75) is 0 Å². The normalized spacial score (nSPS) is 11.8. The minimum absolute atomic E-state index is 0.471. The van der Waals surface area contributed by atoms with Gasteiger partial charge in [0, 0.05) is 27.6 Å². The van der Waals surface area contributed by atoms with Crippen molar-refractivity contribution >= 4 is 65.3 Å². The first-order valence-electron chi connectivity index (χ1n) is 19.4. The van der Waals surface area contributed by atoms with Crippen LogP contribution in [0.25, 0.3) is 117 Å². The molecule has 0 spiro atoms. The Morgan fingerprint density at radius 3 is 1.64 bits per heavy atom. The van der Waals surface area contributed by atoms with Crippen molar-refractivity contribution in [3.8, 4) is 51.2 Å². The molecule has 0 amide bonds. The Morgan fingerprint density at radius 1 is 0.328 bits per heavy atom. The maximum Gasteiger partial charge on any atom is 0.200 e. The molecule has 0 saturated heterocycles. The van der Waals surface area contributed by atoms with E-state index in [0.717, 1.165) is 60.9 Å². The van der Waals surface area contributed by atoms with Crippen LogP contribution < -0.4 is 0 Å². The van der Waals surface area contributed by atoms with Gasteiger partial charge in [-0.3, -0.25) is 4.57 Å². The van der Waals surface area contributed by atoms with Crippen LogP contribution in [0.15, 0.2) is 192 Å². The van der Waals surface area contributed by atoms with Gasteiger partial charge in [0.25, 0.3) is 0 Å². The Kier molecular flexibility index (Phi) is 7.13. The van der Waals surface area contributed by atoms with Crippen LogP contribution in [-0.4, -0.2) is 24.5 Å². The molecular formula is C52H31N5O. The van der Waals surface area contributed by atoms with Crippen molar-refractivity contribution in [2.75, 3.05) is 0 Å². The topological polar surface area (TPSA) is 69.6 Å². The number of benzene rings is 9. The molecule has 0 bridgehead atoms. The highest BCUT2D eigenvalue weighted by Gasteiger charge is 2.21. The van der Waals surface area contributed by atoms with Gasteiger partial charge in [0.2, 0.25) is 0 Å². The van der Waals surface area contributed by atoms with Gasteiger partial charge in [-0.25, -0.2) is 19.9 Å². The number of aromatic nitrogens is 5. The molecule has 0 radical (unpaired) electrons. The molecular weight excluding hydrogens is 711 g/mol. The number of furan rings is 1. The monoisotopic (exact) mass is 741 g/mol. The van der Waals surface area contributed by atoms with Crippen molar-refractivity contribution in [2.24, 2.45) is 0 Å². The third kappa shape index (κ3) is 5.12. The van der Waals surface area contributed by atoms with E-state index in [-0.39, 0.29) is 0 Å². The molecule has 3 heterocycles. The molecule has 270 valence electrons. The van der Waals surface area contributed by atoms with Gasteiger partial charge in [-0.05, 0) is 98.0 Å². The Hall–Kier alpha value is -7.96. The van der Waals surface area contributed by atoms with Gasteiger partial charge in [-0.15, -0.1) is 0 Å². The highest BCUT2D eigenvalue weighted by Crippen LogP contribution is 2.38. The molecule has 0 aliphatic heterocycles. The van der Waals surface area contributed by atoms with E-state index < -0.39 is 0 Å². The van der Waals surface area contributed by atoms with Crippen molar-refractivity contribution in [1.82, 2.24) is 24.5 Å². The van der Waals surface area contributed by atoms with Crippen LogP contribution in [0.3, 0.4) is 0 Å². The number of imidazole rings is 1.